The van der Waals surface area contributed by atoms with E-state index in [-0.39, 0.29) is 29.4 Å². The van der Waals surface area contributed by atoms with E-state index >= 15 is 0 Å². The van der Waals surface area contributed by atoms with Crippen molar-refractivity contribution in [2.75, 3.05) is 18.1 Å². The molecule has 124 valence electrons. The van der Waals surface area contributed by atoms with Crippen molar-refractivity contribution in [1.29, 1.82) is 0 Å². The Kier molecular flexibility index (Phi) is 4.87. The first kappa shape index (κ1) is 16.3. The van der Waals surface area contributed by atoms with Crippen molar-refractivity contribution in [3.8, 4) is 0 Å². The van der Waals surface area contributed by atoms with Gasteiger partial charge in [-0.25, -0.2) is 8.42 Å². The normalized spacial score (nSPS) is 21.1. The van der Waals surface area contributed by atoms with E-state index in [1.54, 1.807) is 11.3 Å². The molecule has 1 aliphatic rings. The summed E-state index contributed by atoms with van der Waals surface area (Å²) in [6, 6.07) is 5.90. The van der Waals surface area contributed by atoms with E-state index in [0.29, 0.717) is 19.4 Å². The molecule has 1 aliphatic heterocycles. The number of nitrogens with zero attached hydrogens (tertiary/aromatic N) is 1. The van der Waals surface area contributed by atoms with Crippen LogP contribution in [0, 0.1) is 5.92 Å². The fourth-order valence-corrected chi connectivity index (χ4v) is 5.52. The molecule has 1 amide bonds. The fraction of sp³-hybridized carbons (Fsp3) is 0.438. The molecule has 2 aromatic heterocycles. The molecule has 0 saturated carbocycles. The first-order chi connectivity index (χ1) is 11.0. The average molecular weight is 352 g/mol. The molecule has 23 heavy (non-hydrogen) atoms. The molecule has 2 atom stereocenters. The molecule has 3 heterocycles. The Bertz CT molecular complexity index is 702. The molecule has 0 aromatic carbocycles. The third-order valence-electron chi connectivity index (χ3n) is 4.21. The summed E-state index contributed by atoms with van der Waals surface area (Å²) in [5.74, 6) is 0.446. The van der Waals surface area contributed by atoms with Gasteiger partial charge in [0, 0.05) is 18.9 Å². The molecule has 0 aliphatic carbocycles. The molecule has 3 rings (SSSR count). The maximum Gasteiger partial charge on any atom is 0.222 e. The molecule has 0 unspecified atom stereocenters. The molecule has 1 saturated heterocycles. The zero-order valence-corrected chi connectivity index (χ0v) is 14.4. The highest BCUT2D eigenvalue weighted by molar-refractivity contribution is 7.91. The Morgan fingerprint density at radius 1 is 1.39 bits per heavy atom. The van der Waals surface area contributed by atoms with Crippen molar-refractivity contribution in [3.05, 3.63) is 46.9 Å². The number of rotatable bonds is 6. The van der Waals surface area contributed by atoms with Gasteiger partial charge in [-0.2, -0.15) is 11.3 Å². The van der Waals surface area contributed by atoms with E-state index in [2.05, 4.69) is 10.7 Å². The van der Waals surface area contributed by atoms with E-state index in [4.69, 9.17) is 0 Å². The minimum absolute atomic E-state index is 0.0245. The Labute approximate surface area is 140 Å². The van der Waals surface area contributed by atoms with Crippen LogP contribution in [0.25, 0.3) is 0 Å². The number of nitrogens with one attached hydrogen (secondary N) is 1. The summed E-state index contributed by atoms with van der Waals surface area (Å²) in [5, 5.41) is 6.97. The number of aromatic nitrogens is 1. The molecule has 2 aromatic rings. The lowest BCUT2D eigenvalue weighted by Gasteiger charge is -2.18. The molecule has 7 heteroatoms. The van der Waals surface area contributed by atoms with Crippen molar-refractivity contribution >= 4 is 27.1 Å². The topological polar surface area (TPSA) is 68.2 Å². The molecule has 0 spiro atoms. The van der Waals surface area contributed by atoms with Crippen molar-refractivity contribution in [2.24, 2.45) is 5.92 Å². The quantitative estimate of drug-likeness (QED) is 0.865. The van der Waals surface area contributed by atoms with E-state index < -0.39 is 9.84 Å². The van der Waals surface area contributed by atoms with Gasteiger partial charge in [-0.3, -0.25) is 4.79 Å². The second-order valence-electron chi connectivity index (χ2n) is 5.98. The molecule has 1 fully saturated rings. The summed E-state index contributed by atoms with van der Waals surface area (Å²) in [4.78, 5) is 12.3. The molecule has 5 nitrogen and oxygen atoms in total. The first-order valence-electron chi connectivity index (χ1n) is 7.65. The number of hydrogen-bond acceptors (Lipinski definition) is 4. The smallest absolute Gasteiger partial charge is 0.222 e. The minimum Gasteiger partial charge on any atom is -0.356 e. The summed E-state index contributed by atoms with van der Waals surface area (Å²) in [6.45, 7) is 0.445. The summed E-state index contributed by atoms with van der Waals surface area (Å²) >= 11 is 1.61. The summed E-state index contributed by atoms with van der Waals surface area (Å²) in [6.07, 6.45) is 4.91. The van der Waals surface area contributed by atoms with E-state index in [1.165, 1.54) is 0 Å². The SMILES string of the molecule is O=C(C[C@H](c1ccsc1)n1cccc1)NC[C@@H]1CCS(=O)(=O)C1. The fourth-order valence-electron chi connectivity index (χ4n) is 2.95. The molecular weight excluding hydrogens is 332 g/mol. The average Bonchev–Trinajstić information content (AvgIpc) is 3.24. The Morgan fingerprint density at radius 3 is 2.78 bits per heavy atom. The standard InChI is InChI=1S/C16H20N2O3S2/c19-16(17-10-13-4-8-23(20,21)12-13)9-15(14-3-7-22-11-14)18-5-1-2-6-18/h1-3,5-7,11,13,15H,4,8-10,12H2,(H,17,19)/t13-,15+/m0/s1. The van der Waals surface area contributed by atoms with Crippen LogP contribution in [-0.2, 0) is 14.6 Å². The van der Waals surface area contributed by atoms with Gasteiger partial charge < -0.3 is 9.88 Å². The van der Waals surface area contributed by atoms with Crippen LogP contribution in [0.5, 0.6) is 0 Å². The lowest BCUT2D eigenvalue weighted by atomic mass is 10.1. The highest BCUT2D eigenvalue weighted by Crippen LogP contribution is 2.24. The van der Waals surface area contributed by atoms with Crippen LogP contribution in [0.4, 0.5) is 0 Å². The van der Waals surface area contributed by atoms with Crippen molar-refractivity contribution in [1.82, 2.24) is 9.88 Å². The van der Waals surface area contributed by atoms with Gasteiger partial charge in [0.1, 0.15) is 0 Å². The Hall–Kier alpha value is -1.60. The van der Waals surface area contributed by atoms with Crippen LogP contribution in [0.2, 0.25) is 0 Å². The summed E-state index contributed by atoms with van der Waals surface area (Å²) < 4.78 is 24.9. The highest BCUT2D eigenvalue weighted by atomic mass is 32.2. The number of thiophene rings is 1. The lowest BCUT2D eigenvalue weighted by Crippen LogP contribution is -2.31. The van der Waals surface area contributed by atoms with E-state index in [0.717, 1.165) is 5.56 Å². The van der Waals surface area contributed by atoms with Crippen molar-refractivity contribution in [3.63, 3.8) is 0 Å². The zero-order chi connectivity index (χ0) is 16.3. The van der Waals surface area contributed by atoms with Crippen LogP contribution in [-0.4, -0.2) is 36.9 Å². The largest absolute Gasteiger partial charge is 0.356 e. The van der Waals surface area contributed by atoms with Gasteiger partial charge in [-0.05, 0) is 46.9 Å². The zero-order valence-electron chi connectivity index (χ0n) is 12.7. The maximum atomic E-state index is 12.3. The van der Waals surface area contributed by atoms with E-state index in [9.17, 15) is 13.2 Å². The highest BCUT2D eigenvalue weighted by Gasteiger charge is 2.28. The van der Waals surface area contributed by atoms with Gasteiger partial charge >= 0.3 is 0 Å². The molecule has 0 radical (unpaired) electrons. The summed E-state index contributed by atoms with van der Waals surface area (Å²) in [7, 11) is -2.89. The maximum absolute atomic E-state index is 12.3. The second-order valence-corrected chi connectivity index (χ2v) is 8.99. The van der Waals surface area contributed by atoms with Gasteiger partial charge in [0.05, 0.1) is 24.0 Å². The third-order valence-corrected chi connectivity index (χ3v) is 6.75. The van der Waals surface area contributed by atoms with Crippen LogP contribution >= 0.6 is 11.3 Å². The predicted molar refractivity (Wildman–Crippen MR) is 91.3 cm³/mol. The predicted octanol–water partition coefficient (Wildman–Crippen LogP) is 2.08. The van der Waals surface area contributed by atoms with Crippen LogP contribution in [0.15, 0.2) is 41.4 Å². The Morgan fingerprint density at radius 2 is 2.17 bits per heavy atom. The van der Waals surface area contributed by atoms with Gasteiger partial charge in [0.25, 0.3) is 0 Å². The number of amides is 1. The van der Waals surface area contributed by atoms with Crippen LogP contribution < -0.4 is 5.32 Å². The van der Waals surface area contributed by atoms with Gasteiger partial charge in [0.2, 0.25) is 5.91 Å². The second kappa shape index (κ2) is 6.88. The van der Waals surface area contributed by atoms with Crippen LogP contribution in [0.3, 0.4) is 0 Å². The lowest BCUT2D eigenvalue weighted by molar-refractivity contribution is -0.121. The van der Waals surface area contributed by atoms with Gasteiger partial charge in [-0.15, -0.1) is 0 Å². The van der Waals surface area contributed by atoms with Crippen molar-refractivity contribution < 1.29 is 13.2 Å². The number of sulfone groups is 1. The van der Waals surface area contributed by atoms with Gasteiger partial charge in [-0.1, -0.05) is 0 Å². The number of carbonyl (C=O) groups is 1. The third kappa shape index (κ3) is 4.23. The Balaban J connectivity index is 1.59. The summed E-state index contributed by atoms with van der Waals surface area (Å²) in [5.41, 5.74) is 1.12. The molecule has 1 N–H and O–H groups in total. The first-order valence-corrected chi connectivity index (χ1v) is 10.4. The van der Waals surface area contributed by atoms with Crippen LogP contribution in [0.1, 0.15) is 24.4 Å². The monoisotopic (exact) mass is 352 g/mol. The van der Waals surface area contributed by atoms with Crippen molar-refractivity contribution in [2.45, 2.75) is 18.9 Å². The molecular formula is C16H20N2O3S2. The number of carbonyl (C=O) groups excluding carboxylic acids is 1. The number of hydrogen-bond donors (Lipinski definition) is 1. The van der Waals surface area contributed by atoms with E-state index in [1.807, 2.05) is 40.5 Å². The minimum atomic E-state index is -2.89. The molecule has 0 bridgehead atoms. The van der Waals surface area contributed by atoms with Gasteiger partial charge in [0.15, 0.2) is 9.84 Å².